The fourth-order valence-electron chi connectivity index (χ4n) is 1.77. The number of amides is 2. The van der Waals surface area contributed by atoms with Crippen LogP contribution in [0.4, 0.5) is 10.3 Å². The van der Waals surface area contributed by atoms with Crippen LogP contribution in [0.25, 0.3) is 0 Å². The van der Waals surface area contributed by atoms with Crippen molar-refractivity contribution in [2.45, 2.75) is 11.3 Å². The van der Waals surface area contributed by atoms with Crippen LogP contribution in [0, 0.1) is 6.92 Å². The normalized spacial score (nSPS) is 10.4. The first-order valence-electron chi connectivity index (χ1n) is 7.15. The lowest BCUT2D eigenvalue weighted by Gasteiger charge is -2.00. The summed E-state index contributed by atoms with van der Waals surface area (Å²) in [6.07, 6.45) is 0. The number of nitrogens with zero attached hydrogens (tertiary/aromatic N) is 3. The second-order valence-electron chi connectivity index (χ2n) is 4.82. The maximum atomic E-state index is 12.0. The van der Waals surface area contributed by atoms with Gasteiger partial charge in [-0.15, -0.1) is 21.5 Å². The second-order valence-corrected chi connectivity index (χ2v) is 7.88. The average Bonchev–Trinajstić information content (AvgIpc) is 3.22. The van der Waals surface area contributed by atoms with Crippen LogP contribution >= 0.6 is 34.4 Å². The van der Waals surface area contributed by atoms with Gasteiger partial charge in [-0.25, -0.2) is 4.98 Å². The number of aromatic nitrogens is 3. The molecule has 10 heteroatoms. The Kier molecular flexibility index (Phi) is 5.74. The van der Waals surface area contributed by atoms with Gasteiger partial charge in [-0.1, -0.05) is 41.3 Å². The summed E-state index contributed by atoms with van der Waals surface area (Å²) >= 11 is 3.86. The lowest BCUT2D eigenvalue weighted by Crippen LogP contribution is -2.13. The molecule has 7 nitrogen and oxygen atoms in total. The number of rotatable bonds is 6. The smallest absolute Gasteiger partial charge is 0.257 e. The number of carbonyl (C=O) groups is 2. The van der Waals surface area contributed by atoms with Crippen LogP contribution in [0.5, 0.6) is 0 Å². The number of carbonyl (C=O) groups excluding carboxylic acids is 2. The summed E-state index contributed by atoms with van der Waals surface area (Å²) in [5.41, 5.74) is 1.42. The van der Waals surface area contributed by atoms with Crippen LogP contribution < -0.4 is 10.6 Å². The van der Waals surface area contributed by atoms with Gasteiger partial charge in [-0.3, -0.25) is 14.9 Å². The first kappa shape index (κ1) is 17.5. The Bertz CT molecular complexity index is 878. The Morgan fingerprint density at radius 3 is 2.64 bits per heavy atom. The Labute approximate surface area is 155 Å². The van der Waals surface area contributed by atoms with E-state index in [0.717, 1.165) is 5.69 Å². The van der Waals surface area contributed by atoms with E-state index in [1.807, 2.05) is 18.4 Å². The summed E-state index contributed by atoms with van der Waals surface area (Å²) in [6.45, 7) is 1.87. The van der Waals surface area contributed by atoms with Crippen molar-refractivity contribution in [1.82, 2.24) is 15.2 Å². The molecular formula is C15H13N5O2S3. The molecule has 0 unspecified atom stereocenters. The molecule has 1 aromatic carbocycles. The molecule has 0 fully saturated rings. The summed E-state index contributed by atoms with van der Waals surface area (Å²) in [7, 11) is 0. The van der Waals surface area contributed by atoms with Gasteiger partial charge in [0, 0.05) is 10.9 Å². The van der Waals surface area contributed by atoms with Crippen molar-refractivity contribution in [2.75, 3.05) is 16.4 Å². The molecule has 0 aliphatic rings. The van der Waals surface area contributed by atoms with E-state index in [2.05, 4.69) is 25.8 Å². The number of nitrogens with one attached hydrogen (secondary N) is 2. The number of hydrogen-bond acceptors (Lipinski definition) is 8. The van der Waals surface area contributed by atoms with Crippen molar-refractivity contribution in [3.05, 3.63) is 47.0 Å². The highest BCUT2D eigenvalue weighted by Crippen LogP contribution is 2.26. The van der Waals surface area contributed by atoms with Crippen LogP contribution in [0.1, 0.15) is 16.1 Å². The van der Waals surface area contributed by atoms with Gasteiger partial charge in [0.15, 0.2) is 9.47 Å². The highest BCUT2D eigenvalue weighted by Gasteiger charge is 2.12. The third-order valence-corrected chi connectivity index (χ3v) is 5.70. The van der Waals surface area contributed by atoms with E-state index in [1.165, 1.54) is 34.4 Å². The summed E-state index contributed by atoms with van der Waals surface area (Å²) in [5.74, 6) is -0.213. The van der Waals surface area contributed by atoms with E-state index in [0.29, 0.717) is 20.2 Å². The van der Waals surface area contributed by atoms with Gasteiger partial charge in [0.2, 0.25) is 11.0 Å². The van der Waals surface area contributed by atoms with Crippen molar-refractivity contribution in [3.8, 4) is 0 Å². The molecule has 0 atom stereocenters. The lowest BCUT2D eigenvalue weighted by atomic mass is 10.2. The molecule has 0 saturated heterocycles. The Morgan fingerprint density at radius 1 is 1.12 bits per heavy atom. The molecule has 2 N–H and O–H groups in total. The summed E-state index contributed by atoms with van der Waals surface area (Å²) in [4.78, 5) is 28.1. The molecule has 2 aromatic heterocycles. The minimum Gasteiger partial charge on any atom is -0.301 e. The molecule has 0 saturated carbocycles. The molecule has 2 amide bonds. The highest BCUT2D eigenvalue weighted by atomic mass is 32.2. The minimum absolute atomic E-state index is 0.163. The monoisotopic (exact) mass is 391 g/mol. The largest absolute Gasteiger partial charge is 0.301 e. The molecule has 0 radical (unpaired) electrons. The molecular weight excluding hydrogens is 378 g/mol. The third kappa shape index (κ3) is 5.08. The van der Waals surface area contributed by atoms with Crippen molar-refractivity contribution in [2.24, 2.45) is 0 Å². The third-order valence-electron chi connectivity index (χ3n) is 2.86. The highest BCUT2D eigenvalue weighted by molar-refractivity contribution is 8.01. The van der Waals surface area contributed by atoms with Gasteiger partial charge in [-0.05, 0) is 19.1 Å². The van der Waals surface area contributed by atoms with Crippen molar-refractivity contribution < 1.29 is 9.59 Å². The van der Waals surface area contributed by atoms with Gasteiger partial charge in [0.25, 0.3) is 5.91 Å². The van der Waals surface area contributed by atoms with Gasteiger partial charge < -0.3 is 5.32 Å². The van der Waals surface area contributed by atoms with E-state index in [9.17, 15) is 9.59 Å². The lowest BCUT2D eigenvalue weighted by molar-refractivity contribution is -0.113. The van der Waals surface area contributed by atoms with Crippen molar-refractivity contribution >= 4 is 56.5 Å². The fourth-order valence-corrected chi connectivity index (χ4v) is 4.02. The minimum atomic E-state index is -0.245. The van der Waals surface area contributed by atoms with Crippen molar-refractivity contribution in [3.63, 3.8) is 0 Å². The number of aryl methyl sites for hydroxylation is 1. The van der Waals surface area contributed by atoms with E-state index in [4.69, 9.17) is 0 Å². The quantitative estimate of drug-likeness (QED) is 0.494. The van der Waals surface area contributed by atoms with Gasteiger partial charge in [-0.2, -0.15) is 0 Å². The predicted octanol–water partition coefficient (Wildman–Crippen LogP) is 3.29. The zero-order valence-electron chi connectivity index (χ0n) is 13.1. The molecule has 0 bridgehead atoms. The molecule has 3 rings (SSSR count). The zero-order chi connectivity index (χ0) is 17.6. The maximum Gasteiger partial charge on any atom is 0.257 e. The Morgan fingerprint density at radius 2 is 1.92 bits per heavy atom. The SMILES string of the molecule is Cc1csc(NC(=O)CSc2nnc(NC(=O)c3ccccc3)s2)n1. The summed E-state index contributed by atoms with van der Waals surface area (Å²) in [5, 5.41) is 16.2. The fraction of sp³-hybridized carbons (Fsp3) is 0.133. The van der Waals surface area contributed by atoms with Crippen LogP contribution in [0.2, 0.25) is 0 Å². The van der Waals surface area contributed by atoms with Gasteiger partial charge in [0.1, 0.15) is 0 Å². The number of thiazole rings is 1. The van der Waals surface area contributed by atoms with E-state index in [-0.39, 0.29) is 17.6 Å². The zero-order valence-corrected chi connectivity index (χ0v) is 15.5. The molecule has 0 aliphatic carbocycles. The second kappa shape index (κ2) is 8.19. The van der Waals surface area contributed by atoms with E-state index >= 15 is 0 Å². The number of benzene rings is 1. The number of anilines is 2. The summed E-state index contributed by atoms with van der Waals surface area (Å²) in [6, 6.07) is 8.86. The first-order valence-corrected chi connectivity index (χ1v) is 9.83. The van der Waals surface area contributed by atoms with Gasteiger partial charge in [0.05, 0.1) is 11.4 Å². The van der Waals surface area contributed by atoms with Crippen LogP contribution in [0.15, 0.2) is 40.1 Å². The number of hydrogen-bond donors (Lipinski definition) is 2. The van der Waals surface area contributed by atoms with Crippen LogP contribution in [-0.2, 0) is 4.79 Å². The first-order chi connectivity index (χ1) is 12.1. The average molecular weight is 392 g/mol. The molecule has 0 spiro atoms. The van der Waals surface area contributed by atoms with E-state index < -0.39 is 0 Å². The molecule has 128 valence electrons. The van der Waals surface area contributed by atoms with Gasteiger partial charge >= 0.3 is 0 Å². The topological polar surface area (TPSA) is 96.9 Å². The Balaban J connectivity index is 1.50. The Hall–Kier alpha value is -2.30. The van der Waals surface area contributed by atoms with Crippen LogP contribution in [-0.4, -0.2) is 32.7 Å². The van der Waals surface area contributed by atoms with Crippen LogP contribution in [0.3, 0.4) is 0 Å². The molecule has 2 heterocycles. The standard InChI is InChI=1S/C15H13N5O2S3/c1-9-7-23-13(16-9)17-11(21)8-24-15-20-19-14(25-15)18-12(22)10-5-3-2-4-6-10/h2-7H,8H2,1H3,(H,16,17,21)(H,18,19,22). The maximum absolute atomic E-state index is 12.0. The molecule has 3 aromatic rings. The predicted molar refractivity (Wildman–Crippen MR) is 101 cm³/mol. The summed E-state index contributed by atoms with van der Waals surface area (Å²) < 4.78 is 0.605. The van der Waals surface area contributed by atoms with Crippen molar-refractivity contribution in [1.29, 1.82) is 0 Å². The van der Waals surface area contributed by atoms with E-state index in [1.54, 1.807) is 24.3 Å². The molecule has 0 aliphatic heterocycles. The molecule has 25 heavy (non-hydrogen) atoms. The number of thioether (sulfide) groups is 1.